The lowest BCUT2D eigenvalue weighted by atomic mass is 9.85. The molecule has 21 heavy (non-hydrogen) atoms. The molecule has 0 saturated heterocycles. The van der Waals surface area contributed by atoms with Gasteiger partial charge in [-0.15, -0.1) is 0 Å². The average molecular weight is 313 g/mol. The first kappa shape index (κ1) is 16.3. The lowest BCUT2D eigenvalue weighted by Gasteiger charge is -2.26. The third-order valence-electron chi connectivity index (χ3n) is 4.05. The Morgan fingerprint density at radius 2 is 1.86 bits per heavy atom. The minimum Gasteiger partial charge on any atom is -0.497 e. The first-order valence-electron chi connectivity index (χ1n) is 7.35. The molecule has 1 fully saturated rings. The minimum atomic E-state index is -3.58. The van der Waals surface area contributed by atoms with E-state index in [-0.39, 0.29) is 17.4 Å². The Kier molecular flexibility index (Phi) is 5.61. The van der Waals surface area contributed by atoms with Crippen LogP contribution in [0.4, 0.5) is 0 Å². The van der Waals surface area contributed by atoms with Crippen LogP contribution in [0, 0.1) is 5.92 Å². The van der Waals surface area contributed by atoms with Crippen molar-refractivity contribution in [3.63, 3.8) is 0 Å². The van der Waals surface area contributed by atoms with Gasteiger partial charge >= 0.3 is 0 Å². The number of nitrogens with one attached hydrogen (secondary N) is 1. The number of methoxy groups -OCH3 is 1. The second-order valence-electron chi connectivity index (χ2n) is 5.49. The monoisotopic (exact) mass is 313 g/mol. The third kappa shape index (κ3) is 4.43. The van der Waals surface area contributed by atoms with Crippen LogP contribution in [-0.4, -0.2) is 33.3 Å². The lowest BCUT2D eigenvalue weighted by molar-refractivity contribution is 0.0888. The SMILES string of the molecule is COc1ccc(S(=O)(=O)NCC(O)C2CCCCC2)cc1. The van der Waals surface area contributed by atoms with E-state index in [0.29, 0.717) is 5.75 Å². The summed E-state index contributed by atoms with van der Waals surface area (Å²) in [7, 11) is -2.05. The van der Waals surface area contributed by atoms with Crippen LogP contribution < -0.4 is 9.46 Å². The summed E-state index contributed by atoms with van der Waals surface area (Å²) in [5.74, 6) is 0.813. The van der Waals surface area contributed by atoms with Gasteiger partial charge in [-0.25, -0.2) is 13.1 Å². The van der Waals surface area contributed by atoms with Crippen molar-refractivity contribution in [2.45, 2.75) is 43.1 Å². The second-order valence-corrected chi connectivity index (χ2v) is 7.26. The van der Waals surface area contributed by atoms with Crippen molar-refractivity contribution in [1.29, 1.82) is 0 Å². The van der Waals surface area contributed by atoms with Gasteiger partial charge in [0.1, 0.15) is 5.75 Å². The van der Waals surface area contributed by atoms with Crippen molar-refractivity contribution < 1.29 is 18.3 Å². The zero-order chi connectivity index (χ0) is 15.3. The van der Waals surface area contributed by atoms with E-state index >= 15 is 0 Å². The zero-order valence-electron chi connectivity index (χ0n) is 12.3. The number of aliphatic hydroxyl groups excluding tert-OH is 1. The molecule has 0 aliphatic heterocycles. The number of benzene rings is 1. The highest BCUT2D eigenvalue weighted by atomic mass is 32.2. The maximum Gasteiger partial charge on any atom is 0.240 e. The number of hydrogen-bond acceptors (Lipinski definition) is 4. The van der Waals surface area contributed by atoms with Crippen LogP contribution in [0.5, 0.6) is 5.75 Å². The molecule has 1 unspecified atom stereocenters. The van der Waals surface area contributed by atoms with Crippen LogP contribution in [-0.2, 0) is 10.0 Å². The summed E-state index contributed by atoms with van der Waals surface area (Å²) < 4.78 is 31.8. The van der Waals surface area contributed by atoms with Gasteiger partial charge in [-0.1, -0.05) is 19.3 Å². The summed E-state index contributed by atoms with van der Waals surface area (Å²) in [5, 5.41) is 10.1. The molecule has 0 bridgehead atoms. The number of aliphatic hydroxyl groups is 1. The predicted molar refractivity (Wildman–Crippen MR) is 80.8 cm³/mol. The van der Waals surface area contributed by atoms with Crippen LogP contribution in [0.15, 0.2) is 29.2 Å². The molecular weight excluding hydrogens is 290 g/mol. The van der Waals surface area contributed by atoms with Gasteiger partial charge in [0, 0.05) is 6.54 Å². The van der Waals surface area contributed by atoms with Crippen molar-refractivity contribution in [1.82, 2.24) is 4.72 Å². The summed E-state index contributed by atoms with van der Waals surface area (Å²) in [5.41, 5.74) is 0. The van der Waals surface area contributed by atoms with E-state index in [1.54, 1.807) is 12.1 Å². The van der Waals surface area contributed by atoms with Gasteiger partial charge in [0.2, 0.25) is 10.0 Å². The molecule has 1 atom stereocenters. The van der Waals surface area contributed by atoms with Gasteiger partial charge in [0.25, 0.3) is 0 Å². The van der Waals surface area contributed by atoms with Gasteiger partial charge < -0.3 is 9.84 Å². The van der Waals surface area contributed by atoms with E-state index in [1.807, 2.05) is 0 Å². The second kappa shape index (κ2) is 7.24. The van der Waals surface area contributed by atoms with Gasteiger partial charge in [-0.2, -0.15) is 0 Å². The van der Waals surface area contributed by atoms with Gasteiger partial charge in [-0.05, 0) is 43.0 Å². The van der Waals surface area contributed by atoms with Crippen LogP contribution >= 0.6 is 0 Å². The van der Waals surface area contributed by atoms with E-state index in [0.717, 1.165) is 25.7 Å². The molecule has 1 aliphatic carbocycles. The van der Waals surface area contributed by atoms with E-state index in [1.165, 1.54) is 25.7 Å². The quantitative estimate of drug-likeness (QED) is 0.841. The Hall–Kier alpha value is -1.11. The molecule has 2 N–H and O–H groups in total. The van der Waals surface area contributed by atoms with Gasteiger partial charge in [0.05, 0.1) is 18.1 Å². The molecule has 5 nitrogen and oxygen atoms in total. The van der Waals surface area contributed by atoms with Gasteiger partial charge in [0.15, 0.2) is 0 Å². The van der Waals surface area contributed by atoms with E-state index in [2.05, 4.69) is 4.72 Å². The maximum absolute atomic E-state index is 12.2. The van der Waals surface area contributed by atoms with Crippen LogP contribution in [0.2, 0.25) is 0 Å². The van der Waals surface area contributed by atoms with Crippen molar-refractivity contribution in [2.24, 2.45) is 5.92 Å². The Morgan fingerprint density at radius 1 is 1.24 bits per heavy atom. The van der Waals surface area contributed by atoms with Gasteiger partial charge in [-0.3, -0.25) is 0 Å². The number of rotatable bonds is 6. The van der Waals surface area contributed by atoms with Crippen molar-refractivity contribution in [3.8, 4) is 5.75 Å². The molecule has 2 rings (SSSR count). The summed E-state index contributed by atoms with van der Waals surface area (Å²) in [6.45, 7) is 0.0685. The third-order valence-corrected chi connectivity index (χ3v) is 5.49. The molecule has 0 amide bonds. The number of ether oxygens (including phenoxy) is 1. The molecule has 1 aliphatic rings. The first-order valence-corrected chi connectivity index (χ1v) is 8.83. The zero-order valence-corrected chi connectivity index (χ0v) is 13.1. The molecule has 0 heterocycles. The van der Waals surface area contributed by atoms with Crippen molar-refractivity contribution >= 4 is 10.0 Å². The average Bonchev–Trinajstić information content (AvgIpc) is 2.53. The molecular formula is C15H23NO4S. The number of hydrogen-bond donors (Lipinski definition) is 2. The highest BCUT2D eigenvalue weighted by Gasteiger charge is 2.23. The highest BCUT2D eigenvalue weighted by molar-refractivity contribution is 7.89. The van der Waals surface area contributed by atoms with Crippen molar-refractivity contribution in [3.05, 3.63) is 24.3 Å². The lowest BCUT2D eigenvalue weighted by Crippen LogP contribution is -2.37. The topological polar surface area (TPSA) is 75.6 Å². The summed E-state index contributed by atoms with van der Waals surface area (Å²) >= 11 is 0. The van der Waals surface area contributed by atoms with Crippen LogP contribution in [0.1, 0.15) is 32.1 Å². The molecule has 1 aromatic carbocycles. The fourth-order valence-electron chi connectivity index (χ4n) is 2.72. The largest absolute Gasteiger partial charge is 0.497 e. The molecule has 6 heteroatoms. The first-order chi connectivity index (χ1) is 10.0. The molecule has 118 valence electrons. The fourth-order valence-corrected chi connectivity index (χ4v) is 3.77. The Balaban J connectivity index is 1.93. The molecule has 0 radical (unpaired) electrons. The smallest absolute Gasteiger partial charge is 0.240 e. The fraction of sp³-hybridized carbons (Fsp3) is 0.600. The van der Waals surface area contributed by atoms with Crippen LogP contribution in [0.3, 0.4) is 0 Å². The summed E-state index contributed by atoms with van der Waals surface area (Å²) in [6, 6.07) is 6.20. The normalized spacial score (nSPS) is 18.4. The Labute approximate surface area is 126 Å². The molecule has 0 spiro atoms. The van der Waals surface area contributed by atoms with E-state index in [4.69, 9.17) is 4.74 Å². The van der Waals surface area contributed by atoms with E-state index in [9.17, 15) is 13.5 Å². The number of sulfonamides is 1. The summed E-state index contributed by atoms with van der Waals surface area (Å²) in [6.07, 6.45) is 4.79. The highest BCUT2D eigenvalue weighted by Crippen LogP contribution is 2.26. The summed E-state index contributed by atoms with van der Waals surface area (Å²) in [4.78, 5) is 0.180. The van der Waals surface area contributed by atoms with Crippen LogP contribution in [0.25, 0.3) is 0 Å². The molecule has 0 aromatic heterocycles. The Bertz CT molecular complexity index is 535. The van der Waals surface area contributed by atoms with Crippen molar-refractivity contribution in [2.75, 3.05) is 13.7 Å². The predicted octanol–water partition coefficient (Wildman–Crippen LogP) is 1.91. The Morgan fingerprint density at radius 3 is 2.43 bits per heavy atom. The molecule has 1 saturated carbocycles. The maximum atomic E-state index is 12.2. The minimum absolute atomic E-state index is 0.0685. The van der Waals surface area contributed by atoms with E-state index < -0.39 is 16.1 Å². The standard InChI is InChI=1S/C15H23NO4S/c1-20-13-7-9-14(10-8-13)21(18,19)16-11-15(17)12-5-3-2-4-6-12/h7-10,12,15-17H,2-6,11H2,1H3. The molecule has 1 aromatic rings.